The molecule has 0 saturated heterocycles. The van der Waals surface area contributed by atoms with Gasteiger partial charge in [0, 0.05) is 16.7 Å². The van der Waals surface area contributed by atoms with Crippen molar-refractivity contribution >= 4 is 23.1 Å². The van der Waals surface area contributed by atoms with Crippen molar-refractivity contribution in [2.75, 3.05) is 0 Å². The molecule has 2 heterocycles. The van der Waals surface area contributed by atoms with Gasteiger partial charge in [0.1, 0.15) is 16.6 Å². The molecule has 0 bridgehead atoms. The van der Waals surface area contributed by atoms with Crippen molar-refractivity contribution < 1.29 is 4.39 Å². The van der Waals surface area contributed by atoms with Crippen molar-refractivity contribution in [1.29, 1.82) is 0 Å². The summed E-state index contributed by atoms with van der Waals surface area (Å²) in [4.78, 5) is 4.66. The Labute approximate surface area is 165 Å². The van der Waals surface area contributed by atoms with E-state index >= 15 is 0 Å². The number of thiazole rings is 1. The first-order valence-electron chi connectivity index (χ1n) is 8.46. The Hall–Kier alpha value is -2.51. The fourth-order valence-electron chi connectivity index (χ4n) is 2.65. The maximum absolute atomic E-state index is 13.1. The third-order valence-electron chi connectivity index (χ3n) is 4.08. The average molecular weight is 397 g/mol. The van der Waals surface area contributed by atoms with Crippen LogP contribution in [0.1, 0.15) is 17.1 Å². The van der Waals surface area contributed by atoms with Gasteiger partial charge in [0.05, 0.1) is 12.2 Å². The van der Waals surface area contributed by atoms with Gasteiger partial charge in [-0.25, -0.2) is 9.37 Å². The summed E-state index contributed by atoms with van der Waals surface area (Å²) in [6, 6.07) is 16.7. The number of hydrogen-bond acceptors (Lipinski definition) is 5. The molecule has 0 aliphatic carbocycles. The van der Waals surface area contributed by atoms with E-state index in [1.165, 1.54) is 17.7 Å². The zero-order chi connectivity index (χ0) is 18.6. The molecule has 0 amide bonds. The average Bonchev–Trinajstić information content (AvgIpc) is 3.29. The van der Waals surface area contributed by atoms with Crippen LogP contribution >= 0.6 is 23.1 Å². The molecule has 4 nitrogen and oxygen atoms in total. The lowest BCUT2D eigenvalue weighted by Gasteiger charge is -2.08. The van der Waals surface area contributed by atoms with Gasteiger partial charge in [0.25, 0.3) is 0 Å². The van der Waals surface area contributed by atoms with Crippen LogP contribution in [0.15, 0.2) is 65.1 Å². The minimum Gasteiger partial charge on any atom is -0.302 e. The van der Waals surface area contributed by atoms with Crippen molar-refractivity contribution in [1.82, 2.24) is 19.7 Å². The first-order valence-corrected chi connectivity index (χ1v) is 10.3. The number of aryl methyl sites for hydroxylation is 1. The van der Waals surface area contributed by atoms with Crippen LogP contribution in [-0.2, 0) is 12.3 Å². The number of benzene rings is 2. The highest BCUT2D eigenvalue weighted by Crippen LogP contribution is 2.28. The Kier molecular flexibility index (Phi) is 5.31. The molecule has 2 aromatic carbocycles. The molecule has 0 radical (unpaired) electrons. The SMILES string of the molecule is Cc1nnc(SCc2csc(-c3ccc(F)cc3)n2)n1Cc1ccccc1. The molecule has 2 aromatic heterocycles. The van der Waals surface area contributed by atoms with Crippen LogP contribution in [0.5, 0.6) is 0 Å². The molecule has 136 valence electrons. The zero-order valence-electron chi connectivity index (χ0n) is 14.7. The molecule has 0 unspecified atom stereocenters. The van der Waals surface area contributed by atoms with Gasteiger partial charge in [0.2, 0.25) is 0 Å². The number of halogens is 1. The molecule has 0 aliphatic rings. The van der Waals surface area contributed by atoms with Crippen LogP contribution in [0.3, 0.4) is 0 Å². The molecule has 0 fully saturated rings. The van der Waals surface area contributed by atoms with Crippen LogP contribution in [-0.4, -0.2) is 19.7 Å². The molecule has 4 rings (SSSR count). The van der Waals surface area contributed by atoms with E-state index in [1.807, 2.05) is 30.5 Å². The van der Waals surface area contributed by atoms with Gasteiger partial charge < -0.3 is 4.57 Å². The third kappa shape index (κ3) is 4.26. The molecule has 4 aromatic rings. The summed E-state index contributed by atoms with van der Waals surface area (Å²) < 4.78 is 15.2. The standard InChI is InChI=1S/C20H17FN4S2/c1-14-23-24-20(25(14)11-15-5-3-2-4-6-15)27-13-18-12-26-19(22-18)16-7-9-17(21)10-8-16/h2-10,12H,11,13H2,1H3. The van der Waals surface area contributed by atoms with Crippen molar-refractivity contribution in [3.63, 3.8) is 0 Å². The number of nitrogens with zero attached hydrogens (tertiary/aromatic N) is 4. The summed E-state index contributed by atoms with van der Waals surface area (Å²) in [6.45, 7) is 2.72. The third-order valence-corrected chi connectivity index (χ3v) is 6.02. The predicted octanol–water partition coefficient (Wildman–Crippen LogP) is 5.19. The van der Waals surface area contributed by atoms with Gasteiger partial charge in [-0.3, -0.25) is 0 Å². The maximum Gasteiger partial charge on any atom is 0.191 e. The maximum atomic E-state index is 13.1. The van der Waals surface area contributed by atoms with Crippen molar-refractivity contribution in [2.24, 2.45) is 0 Å². The van der Waals surface area contributed by atoms with Crippen LogP contribution in [0.25, 0.3) is 10.6 Å². The second-order valence-electron chi connectivity index (χ2n) is 6.04. The lowest BCUT2D eigenvalue weighted by molar-refractivity contribution is 0.628. The summed E-state index contributed by atoms with van der Waals surface area (Å²) in [5.41, 5.74) is 3.13. The predicted molar refractivity (Wildman–Crippen MR) is 107 cm³/mol. The number of thioether (sulfide) groups is 1. The summed E-state index contributed by atoms with van der Waals surface area (Å²) in [7, 11) is 0. The monoisotopic (exact) mass is 396 g/mol. The lowest BCUT2D eigenvalue weighted by Crippen LogP contribution is -2.03. The molecule has 7 heteroatoms. The van der Waals surface area contributed by atoms with E-state index in [4.69, 9.17) is 0 Å². The molecular formula is C20H17FN4S2. The molecule has 0 spiro atoms. The van der Waals surface area contributed by atoms with Crippen molar-refractivity contribution in [3.8, 4) is 10.6 Å². The second kappa shape index (κ2) is 8.02. The molecule has 0 N–H and O–H groups in total. The summed E-state index contributed by atoms with van der Waals surface area (Å²) in [6.07, 6.45) is 0. The van der Waals surface area contributed by atoms with Gasteiger partial charge in [-0.15, -0.1) is 21.5 Å². The van der Waals surface area contributed by atoms with E-state index in [0.29, 0.717) is 5.75 Å². The largest absolute Gasteiger partial charge is 0.302 e. The topological polar surface area (TPSA) is 43.6 Å². The van der Waals surface area contributed by atoms with E-state index in [0.717, 1.165) is 33.8 Å². The minimum atomic E-state index is -0.237. The van der Waals surface area contributed by atoms with Crippen LogP contribution in [0, 0.1) is 12.7 Å². The Morgan fingerprint density at radius 1 is 1.04 bits per heavy atom. The quantitative estimate of drug-likeness (QED) is 0.421. The highest BCUT2D eigenvalue weighted by atomic mass is 32.2. The van der Waals surface area contributed by atoms with Gasteiger partial charge in [-0.05, 0) is 36.8 Å². The highest BCUT2D eigenvalue weighted by molar-refractivity contribution is 7.98. The van der Waals surface area contributed by atoms with Crippen molar-refractivity contribution in [3.05, 3.63) is 82.9 Å². The summed E-state index contributed by atoms with van der Waals surface area (Å²) in [5, 5.41) is 12.4. The fraction of sp³-hybridized carbons (Fsp3) is 0.150. The minimum absolute atomic E-state index is 0.237. The Morgan fingerprint density at radius 2 is 1.81 bits per heavy atom. The Morgan fingerprint density at radius 3 is 2.59 bits per heavy atom. The summed E-state index contributed by atoms with van der Waals surface area (Å²) >= 11 is 3.19. The van der Waals surface area contributed by atoms with Crippen molar-refractivity contribution in [2.45, 2.75) is 24.4 Å². The molecular weight excluding hydrogens is 379 g/mol. The van der Waals surface area contributed by atoms with Crippen LogP contribution < -0.4 is 0 Å². The van der Waals surface area contributed by atoms with E-state index in [2.05, 4.69) is 31.9 Å². The lowest BCUT2D eigenvalue weighted by atomic mass is 10.2. The normalized spacial score (nSPS) is 11.0. The van der Waals surface area contributed by atoms with E-state index in [-0.39, 0.29) is 5.82 Å². The Balaban J connectivity index is 1.46. The molecule has 0 atom stereocenters. The molecule has 27 heavy (non-hydrogen) atoms. The van der Waals surface area contributed by atoms with E-state index in [1.54, 1.807) is 35.2 Å². The summed E-state index contributed by atoms with van der Waals surface area (Å²) in [5.74, 6) is 1.37. The van der Waals surface area contributed by atoms with Crippen LogP contribution in [0.4, 0.5) is 4.39 Å². The van der Waals surface area contributed by atoms with Gasteiger partial charge in [-0.2, -0.15) is 0 Å². The van der Waals surface area contributed by atoms with Gasteiger partial charge in [-0.1, -0.05) is 42.1 Å². The van der Waals surface area contributed by atoms with Crippen LogP contribution in [0.2, 0.25) is 0 Å². The smallest absolute Gasteiger partial charge is 0.191 e. The first-order chi connectivity index (χ1) is 13.2. The highest BCUT2D eigenvalue weighted by Gasteiger charge is 2.12. The van der Waals surface area contributed by atoms with Gasteiger partial charge >= 0.3 is 0 Å². The molecule has 0 aliphatic heterocycles. The number of aromatic nitrogens is 4. The number of hydrogen-bond donors (Lipinski definition) is 0. The molecule has 0 saturated carbocycles. The fourth-order valence-corrected chi connectivity index (χ4v) is 4.46. The Bertz CT molecular complexity index is 1030. The first kappa shape index (κ1) is 17.9. The zero-order valence-corrected chi connectivity index (χ0v) is 16.3. The van der Waals surface area contributed by atoms with E-state index < -0.39 is 0 Å². The van der Waals surface area contributed by atoms with E-state index in [9.17, 15) is 4.39 Å². The van der Waals surface area contributed by atoms with Gasteiger partial charge in [0.15, 0.2) is 5.16 Å². The number of rotatable bonds is 6. The second-order valence-corrected chi connectivity index (χ2v) is 7.84.